The minimum atomic E-state index is -0.0243. The number of amides is 1. The Kier molecular flexibility index (Phi) is 6.98. The first-order chi connectivity index (χ1) is 11.2. The molecular weight excluding hydrogens is 290 g/mol. The van der Waals surface area contributed by atoms with Crippen LogP contribution in [-0.2, 0) is 4.79 Å². The Morgan fingerprint density at radius 2 is 1.83 bits per heavy atom. The van der Waals surface area contributed by atoms with Crippen molar-refractivity contribution < 1.29 is 14.3 Å². The van der Waals surface area contributed by atoms with Gasteiger partial charge in [-0.15, -0.1) is 0 Å². The number of benzene rings is 1. The van der Waals surface area contributed by atoms with Gasteiger partial charge in [-0.1, -0.05) is 25.3 Å². The van der Waals surface area contributed by atoms with E-state index in [4.69, 9.17) is 9.47 Å². The molecule has 0 spiro atoms. The van der Waals surface area contributed by atoms with Crippen LogP contribution in [0.25, 0.3) is 6.08 Å². The van der Waals surface area contributed by atoms with Crippen molar-refractivity contribution in [2.24, 2.45) is 0 Å². The van der Waals surface area contributed by atoms with E-state index < -0.39 is 0 Å². The van der Waals surface area contributed by atoms with Gasteiger partial charge in [-0.05, 0) is 50.5 Å². The number of rotatable bonds is 7. The summed E-state index contributed by atoms with van der Waals surface area (Å²) in [5.41, 5.74) is 0.927. The number of carbonyl (C=O) groups is 1. The van der Waals surface area contributed by atoms with E-state index in [0.717, 1.165) is 24.2 Å². The van der Waals surface area contributed by atoms with Crippen molar-refractivity contribution in [1.82, 2.24) is 5.32 Å². The monoisotopic (exact) mass is 317 g/mol. The third kappa shape index (κ3) is 5.62. The second kappa shape index (κ2) is 9.23. The minimum absolute atomic E-state index is 0.0243. The normalized spacial score (nSPS) is 15.6. The van der Waals surface area contributed by atoms with Gasteiger partial charge in [0, 0.05) is 12.1 Å². The summed E-state index contributed by atoms with van der Waals surface area (Å²) in [7, 11) is 0. The molecule has 0 unspecified atom stereocenters. The quantitative estimate of drug-likeness (QED) is 0.775. The number of ether oxygens (including phenoxy) is 2. The lowest BCUT2D eigenvalue weighted by atomic mass is 9.95. The van der Waals surface area contributed by atoms with Crippen LogP contribution in [-0.4, -0.2) is 25.2 Å². The molecule has 1 N–H and O–H groups in total. The summed E-state index contributed by atoms with van der Waals surface area (Å²) in [5.74, 6) is 1.42. The Morgan fingerprint density at radius 1 is 1.13 bits per heavy atom. The van der Waals surface area contributed by atoms with Crippen molar-refractivity contribution in [3.8, 4) is 11.5 Å². The highest BCUT2D eigenvalue weighted by Crippen LogP contribution is 2.29. The summed E-state index contributed by atoms with van der Waals surface area (Å²) in [6.45, 7) is 5.06. The average molecular weight is 317 g/mol. The first-order valence-corrected chi connectivity index (χ1v) is 8.61. The summed E-state index contributed by atoms with van der Waals surface area (Å²) in [5, 5.41) is 3.08. The second-order valence-electron chi connectivity index (χ2n) is 5.75. The smallest absolute Gasteiger partial charge is 0.244 e. The van der Waals surface area contributed by atoms with Crippen LogP contribution in [0.5, 0.6) is 11.5 Å². The Bertz CT molecular complexity index is 533. The van der Waals surface area contributed by atoms with Gasteiger partial charge in [0.2, 0.25) is 5.91 Å². The van der Waals surface area contributed by atoms with Crippen molar-refractivity contribution in [1.29, 1.82) is 0 Å². The van der Waals surface area contributed by atoms with Crippen LogP contribution < -0.4 is 14.8 Å². The van der Waals surface area contributed by atoms with E-state index in [9.17, 15) is 4.79 Å². The Hall–Kier alpha value is -1.97. The highest BCUT2D eigenvalue weighted by molar-refractivity contribution is 5.92. The first-order valence-electron chi connectivity index (χ1n) is 8.61. The molecule has 0 aliphatic heterocycles. The van der Waals surface area contributed by atoms with E-state index >= 15 is 0 Å². The van der Waals surface area contributed by atoms with Gasteiger partial charge in [0.15, 0.2) is 11.5 Å². The van der Waals surface area contributed by atoms with E-state index in [0.29, 0.717) is 25.0 Å². The number of hydrogen-bond donors (Lipinski definition) is 1. The lowest BCUT2D eigenvalue weighted by Crippen LogP contribution is -2.34. The highest BCUT2D eigenvalue weighted by Gasteiger charge is 2.14. The van der Waals surface area contributed by atoms with E-state index in [1.54, 1.807) is 6.08 Å². The van der Waals surface area contributed by atoms with Crippen LogP contribution in [0, 0.1) is 0 Å². The molecule has 1 aromatic rings. The van der Waals surface area contributed by atoms with Crippen molar-refractivity contribution in [2.75, 3.05) is 13.2 Å². The van der Waals surface area contributed by atoms with Crippen LogP contribution >= 0.6 is 0 Å². The fraction of sp³-hybridized carbons (Fsp3) is 0.526. The summed E-state index contributed by atoms with van der Waals surface area (Å²) in [4.78, 5) is 12.0. The lowest BCUT2D eigenvalue weighted by molar-refractivity contribution is -0.117. The molecule has 4 nitrogen and oxygen atoms in total. The molecule has 1 aromatic carbocycles. The minimum Gasteiger partial charge on any atom is -0.490 e. The van der Waals surface area contributed by atoms with Crippen molar-refractivity contribution in [3.63, 3.8) is 0 Å². The van der Waals surface area contributed by atoms with Gasteiger partial charge in [-0.25, -0.2) is 0 Å². The van der Waals surface area contributed by atoms with Crippen LogP contribution in [0.3, 0.4) is 0 Å². The SMILES string of the molecule is CCOc1ccc(/C=C/C(=O)NC2CCCCC2)cc1OCC. The fourth-order valence-electron chi connectivity index (χ4n) is 2.84. The second-order valence-corrected chi connectivity index (χ2v) is 5.75. The molecule has 1 fully saturated rings. The van der Waals surface area contributed by atoms with Crippen molar-refractivity contribution in [3.05, 3.63) is 29.8 Å². The predicted molar refractivity (Wildman–Crippen MR) is 92.8 cm³/mol. The lowest BCUT2D eigenvalue weighted by Gasteiger charge is -2.21. The van der Waals surface area contributed by atoms with Crippen LogP contribution in [0.2, 0.25) is 0 Å². The maximum absolute atomic E-state index is 12.0. The number of nitrogens with one attached hydrogen (secondary N) is 1. The molecule has 1 saturated carbocycles. The van der Waals surface area contributed by atoms with Gasteiger partial charge in [0.05, 0.1) is 13.2 Å². The van der Waals surface area contributed by atoms with E-state index in [-0.39, 0.29) is 5.91 Å². The average Bonchev–Trinajstić information content (AvgIpc) is 2.56. The molecule has 23 heavy (non-hydrogen) atoms. The van der Waals surface area contributed by atoms with E-state index in [1.165, 1.54) is 19.3 Å². The first kappa shape index (κ1) is 17.4. The summed E-state index contributed by atoms with van der Waals surface area (Å²) in [6.07, 6.45) is 9.32. The third-order valence-corrected chi connectivity index (χ3v) is 3.95. The molecule has 0 heterocycles. The van der Waals surface area contributed by atoms with Crippen LogP contribution in [0.1, 0.15) is 51.5 Å². The topological polar surface area (TPSA) is 47.6 Å². The predicted octanol–water partition coefficient (Wildman–Crippen LogP) is 3.95. The largest absolute Gasteiger partial charge is 0.490 e. The summed E-state index contributed by atoms with van der Waals surface area (Å²) in [6, 6.07) is 6.05. The van der Waals surface area contributed by atoms with Crippen LogP contribution in [0.4, 0.5) is 0 Å². The molecule has 0 aromatic heterocycles. The van der Waals surface area contributed by atoms with Gasteiger partial charge in [-0.3, -0.25) is 4.79 Å². The zero-order valence-corrected chi connectivity index (χ0v) is 14.1. The molecule has 126 valence electrons. The Balaban J connectivity index is 1.97. The third-order valence-electron chi connectivity index (χ3n) is 3.95. The molecule has 0 bridgehead atoms. The maximum Gasteiger partial charge on any atom is 0.244 e. The molecule has 1 aliphatic rings. The Labute approximate surface area is 138 Å². The molecule has 0 radical (unpaired) electrons. The van der Waals surface area contributed by atoms with E-state index in [1.807, 2.05) is 38.1 Å². The molecule has 0 saturated heterocycles. The van der Waals surface area contributed by atoms with E-state index in [2.05, 4.69) is 5.32 Å². The fourth-order valence-corrected chi connectivity index (χ4v) is 2.84. The maximum atomic E-state index is 12.0. The Morgan fingerprint density at radius 3 is 2.52 bits per heavy atom. The highest BCUT2D eigenvalue weighted by atomic mass is 16.5. The summed E-state index contributed by atoms with van der Waals surface area (Å²) < 4.78 is 11.1. The number of hydrogen-bond acceptors (Lipinski definition) is 3. The number of carbonyl (C=O) groups excluding carboxylic acids is 1. The van der Waals surface area contributed by atoms with Gasteiger partial charge in [0.25, 0.3) is 0 Å². The van der Waals surface area contributed by atoms with Gasteiger partial charge in [-0.2, -0.15) is 0 Å². The molecular formula is C19H27NO3. The molecule has 2 rings (SSSR count). The standard InChI is InChI=1S/C19H27NO3/c1-3-22-17-12-10-15(14-18(17)23-4-2)11-13-19(21)20-16-8-6-5-7-9-16/h10-14,16H,3-9H2,1-2H3,(H,20,21)/b13-11+. The zero-order chi connectivity index (χ0) is 16.5. The molecule has 0 atom stereocenters. The van der Waals surface area contributed by atoms with Crippen LogP contribution in [0.15, 0.2) is 24.3 Å². The van der Waals surface area contributed by atoms with Crippen molar-refractivity contribution >= 4 is 12.0 Å². The van der Waals surface area contributed by atoms with Gasteiger partial charge in [0.1, 0.15) is 0 Å². The zero-order valence-electron chi connectivity index (χ0n) is 14.1. The van der Waals surface area contributed by atoms with Gasteiger partial charge < -0.3 is 14.8 Å². The van der Waals surface area contributed by atoms with Gasteiger partial charge >= 0.3 is 0 Å². The van der Waals surface area contributed by atoms with Crippen molar-refractivity contribution in [2.45, 2.75) is 52.0 Å². The molecule has 4 heteroatoms. The summed E-state index contributed by atoms with van der Waals surface area (Å²) >= 11 is 0. The molecule has 1 amide bonds. The molecule has 1 aliphatic carbocycles.